The van der Waals surface area contributed by atoms with Crippen molar-refractivity contribution in [1.82, 2.24) is 48.3 Å². The second-order valence-corrected chi connectivity index (χ2v) is 29.6. The van der Waals surface area contributed by atoms with Gasteiger partial charge in [-0.25, -0.2) is 9.97 Å². The average molecular weight is 801 g/mol. The summed E-state index contributed by atoms with van der Waals surface area (Å²) >= 11 is 0. The van der Waals surface area contributed by atoms with Crippen molar-refractivity contribution in [1.29, 1.82) is 0 Å². The molecule has 6 aromatic heterocycles. The summed E-state index contributed by atoms with van der Waals surface area (Å²) in [5, 5.41) is 27.8. The minimum atomic E-state index is -1.10. The van der Waals surface area contributed by atoms with E-state index in [1.807, 2.05) is 27.6 Å². The Bertz CT molecular complexity index is 2280. The first kappa shape index (κ1) is 40.4. The number of nitrogens with zero attached hydrogens (tertiary/aromatic N) is 10. The molecule has 14 nitrogen and oxygen atoms in total. The molecule has 2 aliphatic carbocycles. The second kappa shape index (κ2) is 16.6. The second-order valence-electron chi connectivity index (χ2n) is 18.3. The lowest BCUT2D eigenvalue weighted by molar-refractivity contribution is -0.117. The Kier molecular flexibility index (Phi) is 11.9. The van der Waals surface area contributed by atoms with Crippen molar-refractivity contribution < 1.29 is 19.4 Å². The topological polar surface area (TPSA) is 152 Å². The number of ketones is 1. The van der Waals surface area contributed by atoms with Crippen molar-refractivity contribution >= 4 is 55.6 Å². The smallest absolute Gasteiger partial charge is 0.179 e. The molecule has 5 atom stereocenters. The summed E-state index contributed by atoms with van der Waals surface area (Å²) in [4.78, 5) is 21.3. The maximum atomic E-state index is 12.1. The molecule has 0 radical (unpaired) electrons. The van der Waals surface area contributed by atoms with E-state index in [9.17, 15) is 9.90 Å². The van der Waals surface area contributed by atoms with Crippen LogP contribution in [0.1, 0.15) is 75.9 Å². The van der Waals surface area contributed by atoms with E-state index in [0.717, 1.165) is 96.3 Å². The van der Waals surface area contributed by atoms with Crippen molar-refractivity contribution in [2.45, 2.75) is 135 Å². The monoisotopic (exact) mass is 800 g/mol. The molecule has 8 rings (SSSR count). The van der Waals surface area contributed by atoms with Gasteiger partial charge in [-0.15, -0.1) is 20.4 Å². The molecule has 1 N–H and O–H groups in total. The summed E-state index contributed by atoms with van der Waals surface area (Å²) in [5.41, 5.74) is 5.21. The van der Waals surface area contributed by atoms with Gasteiger partial charge in [0.05, 0.1) is 29.5 Å². The Balaban J connectivity index is 0.000000172. The average Bonchev–Trinajstić information content (AvgIpc) is 3.99. The third-order valence-electron chi connectivity index (χ3n) is 11.7. The Morgan fingerprint density at radius 2 is 1.20 bits per heavy atom. The summed E-state index contributed by atoms with van der Waals surface area (Å²) in [6.45, 7) is 21.0. The fraction of sp³-hybridized carbons (Fsp3) is 0.625. The number of carbonyl (C=O) groups is 1. The van der Waals surface area contributed by atoms with Crippen LogP contribution in [0.3, 0.4) is 0 Å². The molecule has 2 fully saturated rings. The number of hydrogen-bond donors (Lipinski definition) is 1. The van der Waals surface area contributed by atoms with Crippen molar-refractivity contribution in [2.24, 2.45) is 11.8 Å². The Hall–Kier alpha value is -3.84. The molecular formula is C40H60N10O4Si2. The van der Waals surface area contributed by atoms with Crippen molar-refractivity contribution in [2.75, 3.05) is 13.2 Å². The predicted octanol–water partition coefficient (Wildman–Crippen LogP) is 7.52. The first-order valence-electron chi connectivity index (χ1n) is 20.5. The van der Waals surface area contributed by atoms with E-state index in [-0.39, 0.29) is 17.9 Å². The van der Waals surface area contributed by atoms with Crippen LogP contribution in [0.2, 0.25) is 51.4 Å². The molecule has 0 saturated heterocycles. The Morgan fingerprint density at radius 1 is 0.696 bits per heavy atom. The van der Waals surface area contributed by atoms with Crippen LogP contribution in [0.25, 0.3) is 33.6 Å². The quantitative estimate of drug-likeness (QED) is 0.0865. The largest absolute Gasteiger partial charge is 0.393 e. The van der Waals surface area contributed by atoms with Crippen LogP contribution in [-0.2, 0) is 27.7 Å². The highest BCUT2D eigenvalue weighted by Gasteiger charge is 2.37. The van der Waals surface area contributed by atoms with Crippen LogP contribution in [0.15, 0.2) is 36.9 Å². The lowest BCUT2D eigenvalue weighted by Crippen LogP contribution is -2.22. The minimum absolute atomic E-state index is 0.134. The van der Waals surface area contributed by atoms with Gasteiger partial charge in [0.1, 0.15) is 30.9 Å². The van der Waals surface area contributed by atoms with Gasteiger partial charge in [0, 0.05) is 66.4 Å². The maximum absolute atomic E-state index is 12.1. The summed E-state index contributed by atoms with van der Waals surface area (Å²) in [6.07, 6.45) is 12.1. The van der Waals surface area contributed by atoms with Gasteiger partial charge < -0.3 is 23.7 Å². The number of rotatable bonds is 14. The van der Waals surface area contributed by atoms with Crippen LogP contribution in [-0.4, -0.2) is 94.7 Å². The van der Waals surface area contributed by atoms with E-state index >= 15 is 0 Å². The molecule has 6 heterocycles. The van der Waals surface area contributed by atoms with E-state index in [0.29, 0.717) is 43.9 Å². The summed E-state index contributed by atoms with van der Waals surface area (Å²) in [6, 6.07) is 6.41. The van der Waals surface area contributed by atoms with Crippen LogP contribution in [0.4, 0.5) is 0 Å². The normalized spacial score (nSPS) is 21.9. The van der Waals surface area contributed by atoms with Crippen LogP contribution >= 0.6 is 0 Å². The zero-order valence-corrected chi connectivity index (χ0v) is 36.5. The van der Waals surface area contributed by atoms with Crippen molar-refractivity contribution in [3.05, 3.63) is 48.6 Å². The first-order valence-corrected chi connectivity index (χ1v) is 27.9. The Labute approximate surface area is 331 Å². The van der Waals surface area contributed by atoms with Gasteiger partial charge in [0.15, 0.2) is 22.6 Å². The highest BCUT2D eigenvalue weighted by molar-refractivity contribution is 6.76. The third kappa shape index (κ3) is 8.68. The predicted molar refractivity (Wildman–Crippen MR) is 223 cm³/mol. The van der Waals surface area contributed by atoms with Crippen molar-refractivity contribution in [3.8, 4) is 0 Å². The number of carbonyl (C=O) groups excluding carboxylic acids is 1. The van der Waals surface area contributed by atoms with E-state index in [1.165, 1.54) is 0 Å². The maximum Gasteiger partial charge on any atom is 0.179 e. The lowest BCUT2D eigenvalue weighted by Gasteiger charge is -2.16. The molecule has 16 heteroatoms. The van der Waals surface area contributed by atoms with Crippen molar-refractivity contribution in [3.63, 3.8) is 0 Å². The first-order chi connectivity index (χ1) is 26.7. The highest BCUT2D eigenvalue weighted by atomic mass is 28.3. The molecule has 0 spiro atoms. The zero-order chi connectivity index (χ0) is 39.8. The van der Waals surface area contributed by atoms with Crippen LogP contribution in [0.5, 0.6) is 0 Å². The highest BCUT2D eigenvalue weighted by Crippen LogP contribution is 2.42. The number of aliphatic hydroxyl groups excluding tert-OH is 1. The van der Waals surface area contributed by atoms with E-state index in [2.05, 4.69) is 98.4 Å². The van der Waals surface area contributed by atoms with Gasteiger partial charge in [0.2, 0.25) is 0 Å². The third-order valence-corrected chi connectivity index (χ3v) is 15.1. The fourth-order valence-electron chi connectivity index (χ4n) is 8.35. The number of hydrogen-bond acceptors (Lipinski definition) is 10. The van der Waals surface area contributed by atoms with E-state index in [1.54, 1.807) is 12.4 Å². The molecule has 5 unspecified atom stereocenters. The molecular weight excluding hydrogens is 741 g/mol. The molecule has 6 aromatic rings. The SMILES string of the molecule is CCC1CC(=O)CC1c1nnc2cnc3c(ccn3COCC[Si](C)(C)C)n12.CCC1CC(O)CC1c1nnc2cnc3c(ccn3COCC[Si](C)(C)C)n12. The van der Waals surface area contributed by atoms with Crippen LogP contribution in [0, 0.1) is 11.8 Å². The number of ether oxygens (including phenoxy) is 2. The molecule has 0 aromatic carbocycles. The number of Topliss-reactive ketones (excluding diaryl/α,β-unsaturated/α-hetero) is 1. The van der Waals surface area contributed by atoms with Gasteiger partial charge in [-0.1, -0.05) is 66.0 Å². The molecule has 0 amide bonds. The number of fused-ring (bicyclic) bond motifs is 6. The zero-order valence-electron chi connectivity index (χ0n) is 34.5. The summed E-state index contributed by atoms with van der Waals surface area (Å²) in [5.74, 6) is 3.31. The molecule has 0 aliphatic heterocycles. The number of aromatic nitrogens is 10. The van der Waals surface area contributed by atoms with Gasteiger partial charge in [-0.3, -0.25) is 13.6 Å². The van der Waals surface area contributed by atoms with E-state index < -0.39 is 16.1 Å². The minimum Gasteiger partial charge on any atom is -0.393 e. The van der Waals surface area contributed by atoms with E-state index in [4.69, 9.17) is 9.47 Å². The summed E-state index contributed by atoms with van der Waals surface area (Å²) < 4.78 is 20.1. The Morgan fingerprint density at radius 3 is 1.68 bits per heavy atom. The lowest BCUT2D eigenvalue weighted by atomic mass is 9.93. The fourth-order valence-corrected chi connectivity index (χ4v) is 9.86. The van der Waals surface area contributed by atoms with Gasteiger partial charge in [0.25, 0.3) is 0 Å². The number of aliphatic hydroxyl groups is 1. The molecule has 0 bridgehead atoms. The van der Waals surface area contributed by atoms with Gasteiger partial charge >= 0.3 is 0 Å². The van der Waals surface area contributed by atoms with Crippen LogP contribution < -0.4 is 0 Å². The molecule has 56 heavy (non-hydrogen) atoms. The molecule has 2 saturated carbocycles. The van der Waals surface area contributed by atoms with Gasteiger partial charge in [-0.05, 0) is 48.9 Å². The standard InChI is InChI=1S/C20H31N5O2Si.C20H29N5O2Si/c2*1-5-14-10-15(26)11-16(14)19-23-22-18-12-21-20-17(25(18)19)6-7-24(20)13-27-8-9-28(2,3)4/h6-7,12,14-16,26H,5,8-11,13H2,1-4H3;6-7,12,14,16H,5,8-11,13H2,1-4H3. The molecule has 2 aliphatic rings. The molecule has 302 valence electrons. The summed E-state index contributed by atoms with van der Waals surface area (Å²) in [7, 11) is -2.19. The van der Waals surface area contributed by atoms with Gasteiger partial charge in [-0.2, -0.15) is 0 Å².